The summed E-state index contributed by atoms with van der Waals surface area (Å²) in [6.45, 7) is 8.42. The Balaban J connectivity index is 1.55. The first-order valence-electron chi connectivity index (χ1n) is 11.3. The SMILES string of the molecule is CC(C)CNC(=O)/C(C#N)=C1\SC(CNc2ccc(CCN3CCCC3)cc2)C(=O)N1C. The zero-order chi connectivity index (χ0) is 23.1. The van der Waals surface area contributed by atoms with Gasteiger partial charge < -0.3 is 20.4 Å². The van der Waals surface area contributed by atoms with Crippen molar-refractivity contribution in [1.29, 1.82) is 5.26 Å². The number of hydrogen-bond donors (Lipinski definition) is 2. The van der Waals surface area contributed by atoms with Gasteiger partial charge in [-0.15, -0.1) is 0 Å². The van der Waals surface area contributed by atoms with E-state index in [-0.39, 0.29) is 22.6 Å². The number of carbonyl (C=O) groups excluding carboxylic acids is 2. The van der Waals surface area contributed by atoms with E-state index in [2.05, 4.69) is 27.7 Å². The van der Waals surface area contributed by atoms with Gasteiger partial charge in [-0.2, -0.15) is 5.26 Å². The van der Waals surface area contributed by atoms with E-state index >= 15 is 0 Å². The molecule has 32 heavy (non-hydrogen) atoms. The van der Waals surface area contributed by atoms with Crippen molar-refractivity contribution in [2.45, 2.75) is 38.4 Å². The Bertz CT molecular complexity index is 885. The van der Waals surface area contributed by atoms with E-state index in [0.717, 1.165) is 18.7 Å². The molecular formula is C24H33N5O2S. The second-order valence-corrected chi connectivity index (χ2v) is 9.97. The highest BCUT2D eigenvalue weighted by Crippen LogP contribution is 2.36. The van der Waals surface area contributed by atoms with Crippen molar-refractivity contribution in [3.05, 3.63) is 40.4 Å². The molecule has 3 rings (SSSR count). The first-order chi connectivity index (χ1) is 15.4. The Morgan fingerprint density at radius 2 is 1.94 bits per heavy atom. The lowest BCUT2D eigenvalue weighted by Crippen LogP contribution is -2.32. The van der Waals surface area contributed by atoms with Gasteiger partial charge in [0.2, 0.25) is 5.91 Å². The third-order valence-corrected chi connectivity index (χ3v) is 7.10. The first kappa shape index (κ1) is 24.1. The monoisotopic (exact) mass is 455 g/mol. The van der Waals surface area contributed by atoms with E-state index in [9.17, 15) is 14.9 Å². The average molecular weight is 456 g/mol. The van der Waals surface area contributed by atoms with Gasteiger partial charge in [0.15, 0.2) is 0 Å². The van der Waals surface area contributed by atoms with Crippen molar-refractivity contribution in [1.82, 2.24) is 15.1 Å². The number of nitriles is 1. The van der Waals surface area contributed by atoms with Crippen LogP contribution in [0.1, 0.15) is 32.3 Å². The smallest absolute Gasteiger partial charge is 0.264 e. The van der Waals surface area contributed by atoms with Crippen LogP contribution >= 0.6 is 11.8 Å². The lowest BCUT2D eigenvalue weighted by Gasteiger charge is -2.14. The molecule has 2 aliphatic rings. The van der Waals surface area contributed by atoms with Gasteiger partial charge in [-0.25, -0.2) is 0 Å². The van der Waals surface area contributed by atoms with E-state index in [1.54, 1.807) is 7.05 Å². The van der Waals surface area contributed by atoms with Crippen molar-refractivity contribution in [2.75, 3.05) is 45.1 Å². The van der Waals surface area contributed by atoms with Crippen LogP contribution in [-0.2, 0) is 16.0 Å². The summed E-state index contributed by atoms with van der Waals surface area (Å²) in [4.78, 5) is 29.0. The minimum absolute atomic E-state index is 0.00337. The number of benzene rings is 1. The summed E-state index contributed by atoms with van der Waals surface area (Å²) in [7, 11) is 1.62. The number of anilines is 1. The fourth-order valence-electron chi connectivity index (χ4n) is 3.81. The molecule has 2 N–H and O–H groups in total. The molecule has 2 aliphatic heterocycles. The van der Waals surface area contributed by atoms with Crippen molar-refractivity contribution in [2.24, 2.45) is 5.92 Å². The molecule has 2 heterocycles. The molecule has 7 nitrogen and oxygen atoms in total. The fraction of sp³-hybridized carbons (Fsp3) is 0.542. The maximum atomic E-state index is 12.7. The third-order valence-electron chi connectivity index (χ3n) is 5.75. The highest BCUT2D eigenvalue weighted by Gasteiger charge is 2.37. The highest BCUT2D eigenvalue weighted by molar-refractivity contribution is 8.04. The van der Waals surface area contributed by atoms with Crippen LogP contribution in [0.2, 0.25) is 0 Å². The van der Waals surface area contributed by atoms with Crippen LogP contribution in [0.15, 0.2) is 34.9 Å². The van der Waals surface area contributed by atoms with Crippen LogP contribution in [0, 0.1) is 17.2 Å². The lowest BCUT2D eigenvalue weighted by atomic mass is 10.1. The number of amides is 2. The van der Waals surface area contributed by atoms with Gasteiger partial charge in [-0.05, 0) is 56.0 Å². The standard InChI is InChI=1S/C24H33N5O2S/c1-17(2)15-27-22(30)20(14-25)24-28(3)23(31)21(32-24)16-26-19-8-6-18(7-9-19)10-13-29-11-4-5-12-29/h6-9,17,21,26H,4-5,10-13,15-16H2,1-3H3,(H,27,30)/b24-20-. The molecule has 1 aromatic rings. The molecule has 2 amide bonds. The Kier molecular flexibility index (Phi) is 8.60. The Labute approximate surface area is 195 Å². The Morgan fingerprint density at radius 1 is 1.25 bits per heavy atom. The van der Waals surface area contributed by atoms with Gasteiger partial charge >= 0.3 is 0 Å². The van der Waals surface area contributed by atoms with Gasteiger partial charge in [0, 0.05) is 32.4 Å². The molecule has 0 radical (unpaired) electrons. The second-order valence-electron chi connectivity index (χ2n) is 8.78. The number of rotatable bonds is 9. The molecule has 1 atom stereocenters. The predicted octanol–water partition coefficient (Wildman–Crippen LogP) is 2.82. The molecule has 1 aromatic carbocycles. The van der Waals surface area contributed by atoms with Gasteiger partial charge in [-0.3, -0.25) is 9.59 Å². The number of nitrogens with zero attached hydrogens (tertiary/aromatic N) is 3. The summed E-state index contributed by atoms with van der Waals surface area (Å²) in [5, 5.41) is 15.6. The summed E-state index contributed by atoms with van der Waals surface area (Å²) in [5.74, 6) is -0.256. The molecule has 0 saturated carbocycles. The molecule has 2 saturated heterocycles. The number of thioether (sulfide) groups is 1. The molecular weight excluding hydrogens is 422 g/mol. The quantitative estimate of drug-likeness (QED) is 0.440. The van der Waals surface area contributed by atoms with Crippen LogP contribution in [0.3, 0.4) is 0 Å². The van der Waals surface area contributed by atoms with E-state index < -0.39 is 5.91 Å². The van der Waals surface area contributed by atoms with Crippen molar-refractivity contribution < 1.29 is 9.59 Å². The summed E-state index contributed by atoms with van der Waals surface area (Å²) in [6, 6.07) is 10.3. The van der Waals surface area contributed by atoms with Crippen molar-refractivity contribution in [3.8, 4) is 6.07 Å². The largest absolute Gasteiger partial charge is 0.383 e. The van der Waals surface area contributed by atoms with E-state index in [0.29, 0.717) is 18.1 Å². The zero-order valence-corrected chi connectivity index (χ0v) is 20.0. The minimum Gasteiger partial charge on any atom is -0.383 e. The maximum Gasteiger partial charge on any atom is 0.264 e. The zero-order valence-electron chi connectivity index (χ0n) is 19.2. The van der Waals surface area contributed by atoms with Crippen LogP contribution in [0.4, 0.5) is 5.69 Å². The number of carbonyl (C=O) groups is 2. The first-order valence-corrected chi connectivity index (χ1v) is 12.2. The Morgan fingerprint density at radius 3 is 2.56 bits per heavy atom. The Hall–Kier alpha value is -2.50. The summed E-state index contributed by atoms with van der Waals surface area (Å²) in [5.41, 5.74) is 2.26. The van der Waals surface area contributed by atoms with Gasteiger partial charge in [0.25, 0.3) is 5.91 Å². The molecule has 2 fully saturated rings. The second kappa shape index (κ2) is 11.4. The van der Waals surface area contributed by atoms with Gasteiger partial charge in [-0.1, -0.05) is 37.7 Å². The summed E-state index contributed by atoms with van der Waals surface area (Å²) in [6.07, 6.45) is 3.67. The molecule has 8 heteroatoms. The van der Waals surface area contributed by atoms with Crippen LogP contribution in [0.5, 0.6) is 0 Å². The van der Waals surface area contributed by atoms with E-state index in [1.807, 2.05) is 32.0 Å². The van der Waals surface area contributed by atoms with E-state index in [1.165, 1.54) is 48.2 Å². The predicted molar refractivity (Wildman–Crippen MR) is 129 cm³/mol. The van der Waals surface area contributed by atoms with Crippen molar-refractivity contribution in [3.63, 3.8) is 0 Å². The van der Waals surface area contributed by atoms with Crippen LogP contribution in [0.25, 0.3) is 0 Å². The van der Waals surface area contributed by atoms with Gasteiger partial charge in [0.1, 0.15) is 21.9 Å². The highest BCUT2D eigenvalue weighted by atomic mass is 32.2. The maximum absolute atomic E-state index is 12.7. The minimum atomic E-state index is -0.429. The van der Waals surface area contributed by atoms with E-state index in [4.69, 9.17) is 0 Å². The average Bonchev–Trinajstić information content (AvgIpc) is 3.40. The number of hydrogen-bond acceptors (Lipinski definition) is 6. The molecule has 1 unspecified atom stereocenters. The lowest BCUT2D eigenvalue weighted by molar-refractivity contribution is -0.126. The number of nitrogens with one attached hydrogen (secondary N) is 2. The topological polar surface area (TPSA) is 88.5 Å². The van der Waals surface area contributed by atoms with Crippen LogP contribution in [-0.4, -0.2) is 66.6 Å². The summed E-state index contributed by atoms with van der Waals surface area (Å²) < 4.78 is 0. The molecule has 0 bridgehead atoms. The molecule has 0 aromatic heterocycles. The summed E-state index contributed by atoms with van der Waals surface area (Å²) >= 11 is 1.27. The normalized spacial score (nSPS) is 20.5. The molecule has 172 valence electrons. The fourth-order valence-corrected chi connectivity index (χ4v) is 5.01. The molecule has 0 spiro atoms. The molecule has 0 aliphatic carbocycles. The van der Waals surface area contributed by atoms with Crippen LogP contribution < -0.4 is 10.6 Å². The third kappa shape index (κ3) is 6.27. The number of likely N-dealkylation sites (tertiary alicyclic amines) is 1. The van der Waals surface area contributed by atoms with Gasteiger partial charge in [0.05, 0.1) is 0 Å². The van der Waals surface area contributed by atoms with Crippen molar-refractivity contribution >= 4 is 29.3 Å².